The SMILES string of the molecule is Cc1ccc(NC(=O)c2cc(Cl)ccn2)cc1S(N)(=O)=O. The third-order valence-electron chi connectivity index (χ3n) is 2.71. The number of aryl methyl sites for hydroxylation is 1. The van der Waals surface area contributed by atoms with E-state index >= 15 is 0 Å². The highest BCUT2D eigenvalue weighted by atomic mass is 35.5. The van der Waals surface area contributed by atoms with Crippen molar-refractivity contribution in [2.45, 2.75) is 11.8 Å². The van der Waals surface area contributed by atoms with E-state index < -0.39 is 15.9 Å². The van der Waals surface area contributed by atoms with Crippen molar-refractivity contribution in [2.24, 2.45) is 5.14 Å². The molecule has 21 heavy (non-hydrogen) atoms. The van der Waals surface area contributed by atoms with Gasteiger partial charge in [0.1, 0.15) is 5.69 Å². The second kappa shape index (κ2) is 5.80. The maximum Gasteiger partial charge on any atom is 0.274 e. The minimum Gasteiger partial charge on any atom is -0.321 e. The first kappa shape index (κ1) is 15.4. The zero-order valence-corrected chi connectivity index (χ0v) is 12.6. The summed E-state index contributed by atoms with van der Waals surface area (Å²) >= 11 is 5.78. The average Bonchev–Trinajstić information content (AvgIpc) is 2.39. The number of anilines is 1. The third kappa shape index (κ3) is 3.78. The summed E-state index contributed by atoms with van der Waals surface area (Å²) in [4.78, 5) is 15.8. The Labute approximate surface area is 127 Å². The molecular weight excluding hydrogens is 314 g/mol. The molecule has 6 nitrogen and oxygen atoms in total. The summed E-state index contributed by atoms with van der Waals surface area (Å²) in [6.45, 7) is 1.61. The van der Waals surface area contributed by atoms with Crippen molar-refractivity contribution in [1.82, 2.24) is 4.98 Å². The number of benzene rings is 1. The highest BCUT2D eigenvalue weighted by Crippen LogP contribution is 2.19. The molecule has 1 aromatic heterocycles. The van der Waals surface area contributed by atoms with Gasteiger partial charge in [-0.1, -0.05) is 17.7 Å². The van der Waals surface area contributed by atoms with Crippen molar-refractivity contribution in [2.75, 3.05) is 5.32 Å². The Kier molecular flexibility index (Phi) is 4.26. The number of sulfonamides is 1. The molecule has 1 heterocycles. The molecule has 1 aromatic carbocycles. The molecule has 1 amide bonds. The summed E-state index contributed by atoms with van der Waals surface area (Å²) in [6.07, 6.45) is 1.40. The zero-order chi connectivity index (χ0) is 15.6. The predicted molar refractivity (Wildman–Crippen MR) is 79.8 cm³/mol. The van der Waals surface area contributed by atoms with Crippen LogP contribution >= 0.6 is 11.6 Å². The standard InChI is InChI=1S/C13H12ClN3O3S/c1-8-2-3-10(7-12(8)21(15,19)20)17-13(18)11-6-9(14)4-5-16-11/h2-7H,1H3,(H,17,18)(H2,15,19,20). The maximum atomic E-state index is 12.0. The number of amides is 1. The molecule has 0 fully saturated rings. The molecule has 0 atom stereocenters. The molecule has 8 heteroatoms. The lowest BCUT2D eigenvalue weighted by Gasteiger charge is -2.08. The number of nitrogens with two attached hydrogens (primary N) is 1. The number of hydrogen-bond acceptors (Lipinski definition) is 4. The molecule has 0 saturated carbocycles. The molecule has 3 N–H and O–H groups in total. The number of nitrogens with one attached hydrogen (secondary N) is 1. The van der Waals surface area contributed by atoms with E-state index in [1.807, 2.05) is 0 Å². The van der Waals surface area contributed by atoms with Crippen LogP contribution in [0, 0.1) is 6.92 Å². The molecule has 110 valence electrons. The van der Waals surface area contributed by atoms with E-state index in [4.69, 9.17) is 16.7 Å². The largest absolute Gasteiger partial charge is 0.321 e. The lowest BCUT2D eigenvalue weighted by atomic mass is 10.2. The Morgan fingerprint density at radius 1 is 1.29 bits per heavy atom. The summed E-state index contributed by atoms with van der Waals surface area (Å²) < 4.78 is 22.9. The van der Waals surface area contributed by atoms with Gasteiger partial charge in [-0.15, -0.1) is 0 Å². The molecule has 0 spiro atoms. The zero-order valence-electron chi connectivity index (χ0n) is 11.0. The van der Waals surface area contributed by atoms with Crippen molar-refractivity contribution < 1.29 is 13.2 Å². The van der Waals surface area contributed by atoms with Crippen LogP contribution in [0.4, 0.5) is 5.69 Å². The Hall–Kier alpha value is -1.96. The summed E-state index contributed by atoms with van der Waals surface area (Å²) in [6, 6.07) is 7.38. The molecular formula is C13H12ClN3O3S. The quantitative estimate of drug-likeness (QED) is 0.900. The van der Waals surface area contributed by atoms with Gasteiger partial charge < -0.3 is 5.32 Å². The lowest BCUT2D eigenvalue weighted by molar-refractivity contribution is 0.102. The lowest BCUT2D eigenvalue weighted by Crippen LogP contribution is -2.16. The predicted octanol–water partition coefficient (Wildman–Crippen LogP) is 1.94. The van der Waals surface area contributed by atoms with Crippen molar-refractivity contribution in [3.63, 3.8) is 0 Å². The number of primary sulfonamides is 1. The van der Waals surface area contributed by atoms with Gasteiger partial charge in [0.25, 0.3) is 5.91 Å². The van der Waals surface area contributed by atoms with Crippen molar-refractivity contribution >= 4 is 33.2 Å². The second-order valence-electron chi connectivity index (χ2n) is 4.34. The van der Waals surface area contributed by atoms with Crippen LogP contribution in [0.2, 0.25) is 5.02 Å². The topological polar surface area (TPSA) is 102 Å². The highest BCUT2D eigenvalue weighted by molar-refractivity contribution is 7.89. The molecule has 2 rings (SSSR count). The van der Waals surface area contributed by atoms with E-state index in [-0.39, 0.29) is 10.6 Å². The van der Waals surface area contributed by atoms with E-state index in [1.54, 1.807) is 25.1 Å². The fourth-order valence-electron chi connectivity index (χ4n) is 1.71. The first-order valence-corrected chi connectivity index (χ1v) is 7.76. The average molecular weight is 326 g/mol. The van der Waals surface area contributed by atoms with Crippen LogP contribution < -0.4 is 10.5 Å². The number of halogens is 1. The number of nitrogens with zero attached hydrogens (tertiary/aromatic N) is 1. The van der Waals surface area contributed by atoms with E-state index in [1.165, 1.54) is 18.3 Å². The number of carbonyl (C=O) groups is 1. The first-order chi connectivity index (χ1) is 9.77. The fraction of sp³-hybridized carbons (Fsp3) is 0.0769. The number of aromatic nitrogens is 1. The molecule has 0 saturated heterocycles. The fourth-order valence-corrected chi connectivity index (χ4v) is 2.68. The Morgan fingerprint density at radius 2 is 2.00 bits per heavy atom. The van der Waals surface area contributed by atoms with Gasteiger partial charge in [0, 0.05) is 16.9 Å². The van der Waals surface area contributed by atoms with E-state index in [0.29, 0.717) is 16.3 Å². The van der Waals surface area contributed by atoms with Crippen LogP contribution in [0.25, 0.3) is 0 Å². The van der Waals surface area contributed by atoms with Crippen molar-refractivity contribution in [1.29, 1.82) is 0 Å². The molecule has 0 bridgehead atoms. The monoisotopic (exact) mass is 325 g/mol. The summed E-state index contributed by atoms with van der Waals surface area (Å²) in [7, 11) is -3.85. The maximum absolute atomic E-state index is 12.0. The van der Waals surface area contributed by atoms with E-state index in [2.05, 4.69) is 10.3 Å². The van der Waals surface area contributed by atoms with Gasteiger partial charge in [0.05, 0.1) is 4.90 Å². The smallest absolute Gasteiger partial charge is 0.274 e. The third-order valence-corrected chi connectivity index (χ3v) is 4.00. The van der Waals surface area contributed by atoms with Gasteiger partial charge >= 0.3 is 0 Å². The second-order valence-corrected chi connectivity index (χ2v) is 6.30. The van der Waals surface area contributed by atoms with E-state index in [0.717, 1.165) is 0 Å². The number of carbonyl (C=O) groups excluding carboxylic acids is 1. The highest BCUT2D eigenvalue weighted by Gasteiger charge is 2.14. The van der Waals surface area contributed by atoms with Crippen LogP contribution in [-0.4, -0.2) is 19.3 Å². The van der Waals surface area contributed by atoms with Gasteiger partial charge in [-0.05, 0) is 36.8 Å². The number of rotatable bonds is 3. The molecule has 0 aliphatic carbocycles. The minimum atomic E-state index is -3.85. The van der Waals surface area contributed by atoms with Crippen LogP contribution in [0.5, 0.6) is 0 Å². The molecule has 0 unspecified atom stereocenters. The summed E-state index contributed by atoms with van der Waals surface area (Å²) in [5.74, 6) is -0.498. The van der Waals surface area contributed by atoms with Gasteiger partial charge in [-0.25, -0.2) is 13.6 Å². The van der Waals surface area contributed by atoms with Gasteiger partial charge in [-0.2, -0.15) is 0 Å². The van der Waals surface area contributed by atoms with Crippen LogP contribution in [0.1, 0.15) is 16.1 Å². The molecule has 0 aliphatic heterocycles. The Morgan fingerprint density at radius 3 is 2.62 bits per heavy atom. The molecule has 0 radical (unpaired) electrons. The first-order valence-electron chi connectivity index (χ1n) is 5.84. The van der Waals surface area contributed by atoms with Crippen LogP contribution in [-0.2, 0) is 10.0 Å². The molecule has 0 aliphatic rings. The van der Waals surface area contributed by atoms with Crippen molar-refractivity contribution in [3.8, 4) is 0 Å². The Bertz CT molecular complexity index is 806. The minimum absolute atomic E-state index is 0.0423. The van der Waals surface area contributed by atoms with Gasteiger partial charge in [0.2, 0.25) is 10.0 Å². The normalized spacial score (nSPS) is 11.2. The van der Waals surface area contributed by atoms with Crippen LogP contribution in [0.3, 0.4) is 0 Å². The molecule has 2 aromatic rings. The van der Waals surface area contributed by atoms with E-state index in [9.17, 15) is 13.2 Å². The van der Waals surface area contributed by atoms with Crippen molar-refractivity contribution in [3.05, 3.63) is 52.8 Å². The summed E-state index contributed by atoms with van der Waals surface area (Å²) in [5.41, 5.74) is 0.924. The van der Waals surface area contributed by atoms with Gasteiger partial charge in [-0.3, -0.25) is 9.78 Å². The summed E-state index contributed by atoms with van der Waals surface area (Å²) in [5, 5.41) is 8.04. The van der Waals surface area contributed by atoms with Gasteiger partial charge in [0.15, 0.2) is 0 Å². The van der Waals surface area contributed by atoms with Crippen LogP contribution in [0.15, 0.2) is 41.4 Å². The number of hydrogen-bond donors (Lipinski definition) is 2. The number of pyridine rings is 1. The Balaban J connectivity index is 2.30.